The van der Waals surface area contributed by atoms with E-state index in [4.69, 9.17) is 27.2 Å². The fourth-order valence-corrected chi connectivity index (χ4v) is 1.41. The van der Waals surface area contributed by atoms with Gasteiger partial charge in [-0.25, -0.2) is 0 Å². The maximum Gasteiger partial charge on any atom is 0.124 e. The molecule has 1 rings (SSSR count). The predicted molar refractivity (Wildman–Crippen MR) is 56.8 cm³/mol. The first-order valence-electron chi connectivity index (χ1n) is 4.30. The van der Waals surface area contributed by atoms with E-state index in [1.807, 2.05) is 13.0 Å². The largest absolute Gasteiger partial charge is 0.496 e. The highest BCUT2D eigenvalue weighted by Gasteiger charge is 2.12. The Hall–Kier alpha value is -0.770. The molecular formula is C10H14ClNO2. The van der Waals surface area contributed by atoms with Gasteiger partial charge < -0.3 is 15.6 Å². The van der Waals surface area contributed by atoms with Gasteiger partial charge in [0, 0.05) is 10.6 Å². The van der Waals surface area contributed by atoms with Crippen molar-refractivity contribution in [1.82, 2.24) is 0 Å². The zero-order valence-corrected chi connectivity index (χ0v) is 9.01. The molecule has 0 heterocycles. The van der Waals surface area contributed by atoms with Crippen LogP contribution in [0, 0.1) is 6.92 Å². The quantitative estimate of drug-likeness (QED) is 0.806. The van der Waals surface area contributed by atoms with Gasteiger partial charge in [-0.3, -0.25) is 0 Å². The molecule has 14 heavy (non-hydrogen) atoms. The summed E-state index contributed by atoms with van der Waals surface area (Å²) in [4.78, 5) is 0. The zero-order valence-electron chi connectivity index (χ0n) is 8.25. The van der Waals surface area contributed by atoms with E-state index in [1.54, 1.807) is 13.2 Å². The van der Waals surface area contributed by atoms with Crippen LogP contribution in [0.3, 0.4) is 0 Å². The summed E-state index contributed by atoms with van der Waals surface area (Å²) in [7, 11) is 1.57. The Kier molecular flexibility index (Phi) is 3.75. The molecule has 0 aliphatic carbocycles. The van der Waals surface area contributed by atoms with Crippen molar-refractivity contribution in [3.05, 3.63) is 28.3 Å². The first kappa shape index (κ1) is 11.3. The summed E-state index contributed by atoms with van der Waals surface area (Å²) in [6.45, 7) is 1.76. The van der Waals surface area contributed by atoms with E-state index in [0.717, 1.165) is 11.1 Å². The van der Waals surface area contributed by atoms with E-state index >= 15 is 0 Å². The van der Waals surface area contributed by atoms with Gasteiger partial charge in [-0.2, -0.15) is 0 Å². The van der Waals surface area contributed by atoms with E-state index in [0.29, 0.717) is 10.8 Å². The second-order valence-electron chi connectivity index (χ2n) is 3.13. The van der Waals surface area contributed by atoms with Crippen LogP contribution in [0.15, 0.2) is 12.1 Å². The monoisotopic (exact) mass is 215 g/mol. The molecule has 0 aromatic heterocycles. The molecule has 0 saturated carbocycles. The normalized spacial score (nSPS) is 12.6. The number of ether oxygens (including phenoxy) is 1. The minimum absolute atomic E-state index is 0.129. The summed E-state index contributed by atoms with van der Waals surface area (Å²) in [6.07, 6.45) is 0. The molecule has 78 valence electrons. The van der Waals surface area contributed by atoms with Crippen LogP contribution in [0.25, 0.3) is 0 Å². The zero-order chi connectivity index (χ0) is 10.7. The number of methoxy groups -OCH3 is 1. The molecule has 4 heteroatoms. The van der Waals surface area contributed by atoms with E-state index in [-0.39, 0.29) is 6.61 Å². The molecule has 0 aliphatic heterocycles. The van der Waals surface area contributed by atoms with Gasteiger partial charge in [-0.05, 0) is 24.6 Å². The lowest BCUT2D eigenvalue weighted by Crippen LogP contribution is -2.15. The molecule has 0 spiro atoms. The van der Waals surface area contributed by atoms with Crippen molar-refractivity contribution in [3.8, 4) is 5.75 Å². The molecule has 1 unspecified atom stereocenters. The maximum absolute atomic E-state index is 8.94. The molecule has 3 nitrogen and oxygen atoms in total. The number of aliphatic hydroxyl groups excluding tert-OH is 1. The highest BCUT2D eigenvalue weighted by Crippen LogP contribution is 2.29. The Bertz CT molecular complexity index is 328. The summed E-state index contributed by atoms with van der Waals surface area (Å²) in [5.41, 5.74) is 7.36. The maximum atomic E-state index is 8.94. The van der Waals surface area contributed by atoms with E-state index in [1.165, 1.54) is 0 Å². The van der Waals surface area contributed by atoms with Crippen molar-refractivity contribution in [3.63, 3.8) is 0 Å². The third-order valence-electron chi connectivity index (χ3n) is 2.11. The Balaban J connectivity index is 3.19. The summed E-state index contributed by atoms with van der Waals surface area (Å²) in [5.74, 6) is 0.661. The highest BCUT2D eigenvalue weighted by molar-refractivity contribution is 6.31. The van der Waals surface area contributed by atoms with Gasteiger partial charge in [0.2, 0.25) is 0 Å². The van der Waals surface area contributed by atoms with Crippen molar-refractivity contribution < 1.29 is 9.84 Å². The lowest BCUT2D eigenvalue weighted by Gasteiger charge is -2.15. The van der Waals surface area contributed by atoms with Crippen molar-refractivity contribution in [1.29, 1.82) is 0 Å². The first-order valence-corrected chi connectivity index (χ1v) is 4.68. The fraction of sp³-hybridized carbons (Fsp3) is 0.400. The van der Waals surface area contributed by atoms with Gasteiger partial charge in [-0.15, -0.1) is 0 Å². The summed E-state index contributed by atoms with van der Waals surface area (Å²) in [5, 5.41) is 9.57. The third-order valence-corrected chi connectivity index (χ3v) is 2.51. The Morgan fingerprint density at radius 2 is 2.21 bits per heavy atom. The number of halogens is 1. The molecule has 0 amide bonds. The number of aliphatic hydroxyl groups is 1. The van der Waals surface area contributed by atoms with Gasteiger partial charge in [0.25, 0.3) is 0 Å². The summed E-state index contributed by atoms with van der Waals surface area (Å²) >= 11 is 5.95. The van der Waals surface area contributed by atoms with Crippen LogP contribution in [-0.4, -0.2) is 18.8 Å². The molecule has 0 bridgehead atoms. The van der Waals surface area contributed by atoms with E-state index in [9.17, 15) is 0 Å². The predicted octanol–water partition coefficient (Wildman–Crippen LogP) is 1.65. The molecule has 1 aromatic rings. The van der Waals surface area contributed by atoms with Crippen LogP contribution in [0.1, 0.15) is 17.2 Å². The fourth-order valence-electron chi connectivity index (χ4n) is 1.24. The SMILES string of the molecule is COc1cc(C)c(Cl)cc1C(N)CO. The van der Waals surface area contributed by atoms with Crippen molar-refractivity contribution in [2.24, 2.45) is 5.73 Å². The van der Waals surface area contributed by atoms with Crippen LogP contribution < -0.4 is 10.5 Å². The average Bonchev–Trinajstić information content (AvgIpc) is 2.20. The van der Waals surface area contributed by atoms with Crippen LogP contribution in [0.4, 0.5) is 0 Å². The molecule has 0 radical (unpaired) electrons. The van der Waals surface area contributed by atoms with Crippen LogP contribution >= 0.6 is 11.6 Å². The number of benzene rings is 1. The molecule has 0 saturated heterocycles. The summed E-state index contributed by atoms with van der Waals surface area (Å²) < 4.78 is 5.15. The average molecular weight is 216 g/mol. The molecule has 0 aliphatic rings. The molecule has 1 aromatic carbocycles. The molecule has 1 atom stereocenters. The Morgan fingerprint density at radius 1 is 1.57 bits per heavy atom. The van der Waals surface area contributed by atoms with E-state index in [2.05, 4.69) is 0 Å². The van der Waals surface area contributed by atoms with Gasteiger partial charge in [-0.1, -0.05) is 11.6 Å². The second kappa shape index (κ2) is 4.64. The third kappa shape index (κ3) is 2.18. The Labute approximate surface area is 88.4 Å². The molecule has 0 fully saturated rings. The Morgan fingerprint density at radius 3 is 2.71 bits per heavy atom. The smallest absolute Gasteiger partial charge is 0.124 e. The summed E-state index contributed by atoms with van der Waals surface area (Å²) in [6, 6.07) is 3.09. The van der Waals surface area contributed by atoms with E-state index < -0.39 is 6.04 Å². The standard InChI is InChI=1S/C10H14ClNO2/c1-6-3-10(14-2)7(4-8(6)11)9(12)5-13/h3-4,9,13H,5,12H2,1-2H3. The topological polar surface area (TPSA) is 55.5 Å². The minimum atomic E-state index is -0.456. The van der Waals surface area contributed by atoms with Crippen LogP contribution in [0.5, 0.6) is 5.75 Å². The number of hydrogen-bond acceptors (Lipinski definition) is 3. The molecular weight excluding hydrogens is 202 g/mol. The highest BCUT2D eigenvalue weighted by atomic mass is 35.5. The van der Waals surface area contributed by atoms with Crippen molar-refractivity contribution in [2.75, 3.05) is 13.7 Å². The molecule has 3 N–H and O–H groups in total. The number of hydrogen-bond donors (Lipinski definition) is 2. The first-order chi connectivity index (χ1) is 6.60. The number of nitrogens with two attached hydrogens (primary N) is 1. The number of rotatable bonds is 3. The van der Waals surface area contributed by atoms with Gasteiger partial charge in [0.05, 0.1) is 19.8 Å². The minimum Gasteiger partial charge on any atom is -0.496 e. The number of aryl methyl sites for hydroxylation is 1. The van der Waals surface area contributed by atoms with Crippen molar-refractivity contribution in [2.45, 2.75) is 13.0 Å². The van der Waals surface area contributed by atoms with Gasteiger partial charge >= 0.3 is 0 Å². The lowest BCUT2D eigenvalue weighted by molar-refractivity contribution is 0.264. The second-order valence-corrected chi connectivity index (χ2v) is 3.54. The van der Waals surface area contributed by atoms with Crippen LogP contribution in [-0.2, 0) is 0 Å². The van der Waals surface area contributed by atoms with Gasteiger partial charge in [0.15, 0.2) is 0 Å². The van der Waals surface area contributed by atoms with Gasteiger partial charge in [0.1, 0.15) is 5.75 Å². The van der Waals surface area contributed by atoms with Crippen molar-refractivity contribution >= 4 is 11.6 Å². The lowest BCUT2D eigenvalue weighted by atomic mass is 10.0. The van der Waals surface area contributed by atoms with Crippen LogP contribution in [0.2, 0.25) is 5.02 Å².